The molecule has 0 heterocycles. The van der Waals surface area contributed by atoms with E-state index in [1.807, 2.05) is 6.92 Å². The van der Waals surface area contributed by atoms with Crippen LogP contribution in [0.25, 0.3) is 0 Å². The van der Waals surface area contributed by atoms with Crippen LogP contribution >= 0.6 is 0 Å². The molecule has 0 unspecified atom stereocenters. The lowest BCUT2D eigenvalue weighted by molar-refractivity contribution is -0.140. The van der Waals surface area contributed by atoms with Gasteiger partial charge in [-0.05, 0) is 55.1 Å². The molecule has 21 nitrogen and oxygen atoms in total. The molecule has 0 radical (unpaired) electrons. The number of benzene rings is 1. The van der Waals surface area contributed by atoms with E-state index in [4.69, 9.17) is 16.6 Å². The number of carbonyl (C=O) groups excluding carboxylic acids is 9. The topological polar surface area (TPSA) is 352 Å². The third-order valence-corrected chi connectivity index (χ3v) is 9.97. The van der Waals surface area contributed by atoms with Gasteiger partial charge in [0.1, 0.15) is 30.2 Å². The second kappa shape index (κ2) is 26.9. The second-order valence-corrected chi connectivity index (χ2v) is 17.1. The van der Waals surface area contributed by atoms with Gasteiger partial charge in [-0.3, -0.25) is 52.7 Å². The SMILES string of the molecule is CCCC[C@H](NC(=O)[C@H](CC(C)C)NC(=O)[C@@H](NC(=O)[C@H](Cc1ccccc1C)NC(=O)[C@H](CCC(=O)O)NC(=O)[C@H](CCC(N)=O)NC(=O)CCC(=O)O)C(C)(C)C)C(=O)C(N)=O. The highest BCUT2D eigenvalue weighted by Gasteiger charge is 2.38. The van der Waals surface area contributed by atoms with Gasteiger partial charge >= 0.3 is 11.9 Å². The van der Waals surface area contributed by atoms with E-state index in [2.05, 4.69) is 31.9 Å². The number of ketones is 1. The van der Waals surface area contributed by atoms with Gasteiger partial charge in [0.25, 0.3) is 5.91 Å². The molecule has 0 aromatic heterocycles. The number of primary amides is 2. The first-order valence-corrected chi connectivity index (χ1v) is 21.2. The van der Waals surface area contributed by atoms with Crippen LogP contribution in [0.15, 0.2) is 24.3 Å². The van der Waals surface area contributed by atoms with Gasteiger partial charge in [-0.1, -0.05) is 78.6 Å². The molecule has 0 aliphatic rings. The number of nitrogens with two attached hydrogens (primary N) is 2. The van der Waals surface area contributed by atoms with Crippen LogP contribution in [0.3, 0.4) is 0 Å². The molecule has 0 bridgehead atoms. The van der Waals surface area contributed by atoms with Crippen LogP contribution in [0.2, 0.25) is 0 Å². The molecule has 0 aliphatic carbocycles. The number of hydrogen-bond acceptors (Lipinski definition) is 11. The Balaban J connectivity index is 3.60. The molecule has 8 amide bonds. The van der Waals surface area contributed by atoms with E-state index < -0.39 is 139 Å². The first kappa shape index (κ1) is 55.6. The van der Waals surface area contributed by atoms with E-state index >= 15 is 0 Å². The minimum atomic E-state index is -1.64. The third-order valence-electron chi connectivity index (χ3n) is 9.97. The Morgan fingerprint density at radius 1 is 0.609 bits per heavy atom. The average Bonchev–Trinajstić information content (AvgIpc) is 3.19. The highest BCUT2D eigenvalue weighted by molar-refractivity contribution is 6.37. The molecule has 1 aromatic carbocycles. The molecule has 12 N–H and O–H groups in total. The highest BCUT2D eigenvalue weighted by Crippen LogP contribution is 2.21. The lowest BCUT2D eigenvalue weighted by Gasteiger charge is -2.34. The fourth-order valence-electron chi connectivity index (χ4n) is 6.39. The number of aliphatic carboxylic acids is 2. The largest absolute Gasteiger partial charge is 0.481 e. The van der Waals surface area contributed by atoms with Crippen LogP contribution in [0.5, 0.6) is 0 Å². The number of hydrogen-bond donors (Lipinski definition) is 10. The number of carboxylic acid groups (broad SMARTS) is 2. The van der Waals surface area contributed by atoms with Gasteiger partial charge in [0.2, 0.25) is 47.1 Å². The molecule has 1 rings (SSSR count). The van der Waals surface area contributed by atoms with Crippen molar-refractivity contribution in [1.29, 1.82) is 0 Å². The van der Waals surface area contributed by atoms with Crippen molar-refractivity contribution in [3.05, 3.63) is 35.4 Å². The van der Waals surface area contributed by atoms with Crippen molar-refractivity contribution in [2.24, 2.45) is 22.8 Å². The number of carboxylic acids is 2. The standard InChI is InChI=1S/C43H66N8O13/c1-8-9-14-26(35(58)37(45)59)47-40(62)29(21-23(2)3)50-42(64)36(43(5,6)7)51-41(63)30(22-25-13-11-10-12-24(25)4)49-39(61)28(16-19-33(54)55)48-38(60)27(15-17-31(44)52)46-32(53)18-20-34(56)57/h10-13,23,26-30,36H,8-9,14-22H2,1-7H3,(H2,44,52)(H2,45,59)(H,46,53)(H,47,62)(H,48,60)(H,49,61)(H,50,64)(H,51,63)(H,54,55)(H,56,57)/t26-,27-,28-,29-,30-,36+/m0/s1. The molecular formula is C43H66N8O13. The van der Waals surface area contributed by atoms with Crippen LogP contribution in [-0.4, -0.2) is 111 Å². The van der Waals surface area contributed by atoms with Crippen molar-refractivity contribution in [3.63, 3.8) is 0 Å². The number of Topliss-reactive ketones (excluding diaryl/α,β-unsaturated/α-hetero) is 1. The molecule has 0 spiro atoms. The van der Waals surface area contributed by atoms with Crippen LogP contribution in [0.4, 0.5) is 0 Å². The Morgan fingerprint density at radius 2 is 1.11 bits per heavy atom. The van der Waals surface area contributed by atoms with E-state index in [1.54, 1.807) is 65.8 Å². The molecule has 1 aromatic rings. The molecule has 0 aliphatic heterocycles. The van der Waals surface area contributed by atoms with Gasteiger partial charge in [-0.15, -0.1) is 0 Å². The van der Waals surface area contributed by atoms with Gasteiger partial charge in [0, 0.05) is 25.7 Å². The monoisotopic (exact) mass is 902 g/mol. The van der Waals surface area contributed by atoms with Crippen molar-refractivity contribution in [1.82, 2.24) is 31.9 Å². The summed E-state index contributed by atoms with van der Waals surface area (Å²) in [6.45, 7) is 12.1. The molecule has 356 valence electrons. The van der Waals surface area contributed by atoms with Crippen LogP contribution in [0.1, 0.15) is 117 Å². The van der Waals surface area contributed by atoms with Crippen LogP contribution in [0, 0.1) is 18.3 Å². The van der Waals surface area contributed by atoms with E-state index in [1.165, 1.54) is 0 Å². The molecule has 21 heteroatoms. The fourth-order valence-corrected chi connectivity index (χ4v) is 6.39. The Morgan fingerprint density at radius 3 is 1.62 bits per heavy atom. The van der Waals surface area contributed by atoms with Gasteiger partial charge in [0.15, 0.2) is 0 Å². The fraction of sp³-hybridized carbons (Fsp3) is 0.605. The Bertz CT molecular complexity index is 1860. The summed E-state index contributed by atoms with van der Waals surface area (Å²) >= 11 is 0. The molecular weight excluding hydrogens is 837 g/mol. The predicted molar refractivity (Wildman–Crippen MR) is 231 cm³/mol. The zero-order chi connectivity index (χ0) is 48.9. The average molecular weight is 903 g/mol. The quantitative estimate of drug-likeness (QED) is 0.0466. The molecule has 0 saturated carbocycles. The number of rotatable bonds is 29. The van der Waals surface area contributed by atoms with Crippen molar-refractivity contribution < 1.29 is 63.0 Å². The van der Waals surface area contributed by atoms with Crippen molar-refractivity contribution in [3.8, 4) is 0 Å². The molecule has 0 fully saturated rings. The number of aryl methyl sites for hydroxylation is 1. The summed E-state index contributed by atoms with van der Waals surface area (Å²) in [7, 11) is 0. The maximum absolute atomic E-state index is 14.4. The van der Waals surface area contributed by atoms with Crippen molar-refractivity contribution in [2.75, 3.05) is 0 Å². The summed E-state index contributed by atoms with van der Waals surface area (Å²) in [6.07, 6.45) is -1.79. The van der Waals surface area contributed by atoms with Gasteiger partial charge in [-0.2, -0.15) is 0 Å². The summed E-state index contributed by atoms with van der Waals surface area (Å²) < 4.78 is 0. The Hall–Kier alpha value is -6.41. The maximum Gasteiger partial charge on any atom is 0.303 e. The molecule has 64 heavy (non-hydrogen) atoms. The number of carbonyl (C=O) groups is 11. The van der Waals surface area contributed by atoms with Crippen LogP contribution < -0.4 is 43.4 Å². The summed E-state index contributed by atoms with van der Waals surface area (Å²) in [6, 6.07) is -1.52. The summed E-state index contributed by atoms with van der Waals surface area (Å²) in [5.41, 5.74) is 10.8. The summed E-state index contributed by atoms with van der Waals surface area (Å²) in [5.74, 6) is -11.2. The summed E-state index contributed by atoms with van der Waals surface area (Å²) in [4.78, 5) is 141. The third kappa shape index (κ3) is 20.6. The number of amides is 8. The lowest BCUT2D eigenvalue weighted by Crippen LogP contribution is -2.62. The number of unbranched alkanes of at least 4 members (excludes halogenated alkanes) is 1. The minimum absolute atomic E-state index is 0.0957. The predicted octanol–water partition coefficient (Wildman–Crippen LogP) is -0.222. The van der Waals surface area contributed by atoms with Crippen molar-refractivity contribution in [2.45, 2.75) is 155 Å². The van der Waals surface area contributed by atoms with E-state index in [0.717, 1.165) is 5.56 Å². The van der Waals surface area contributed by atoms with Crippen LogP contribution in [-0.2, 0) is 59.2 Å². The lowest BCUT2D eigenvalue weighted by atomic mass is 9.85. The first-order chi connectivity index (χ1) is 29.8. The van der Waals surface area contributed by atoms with Gasteiger partial charge in [0.05, 0.1) is 12.5 Å². The van der Waals surface area contributed by atoms with E-state index in [9.17, 15) is 57.8 Å². The zero-order valence-electron chi connectivity index (χ0n) is 37.7. The normalized spacial score (nSPS) is 14.0. The Kier molecular flexibility index (Phi) is 23.4. The molecule has 0 saturated heterocycles. The van der Waals surface area contributed by atoms with Crippen molar-refractivity contribution >= 4 is 65.0 Å². The van der Waals surface area contributed by atoms with E-state index in [0.29, 0.717) is 18.4 Å². The second-order valence-electron chi connectivity index (χ2n) is 17.1. The Labute approximate surface area is 372 Å². The maximum atomic E-state index is 14.4. The highest BCUT2D eigenvalue weighted by atomic mass is 16.4. The van der Waals surface area contributed by atoms with E-state index in [-0.39, 0.29) is 31.6 Å². The minimum Gasteiger partial charge on any atom is -0.481 e. The van der Waals surface area contributed by atoms with Gasteiger partial charge < -0.3 is 53.6 Å². The zero-order valence-corrected chi connectivity index (χ0v) is 37.7. The summed E-state index contributed by atoms with van der Waals surface area (Å²) in [5, 5.41) is 33.6. The smallest absolute Gasteiger partial charge is 0.303 e. The molecule has 6 atom stereocenters. The first-order valence-electron chi connectivity index (χ1n) is 21.2. The van der Waals surface area contributed by atoms with Gasteiger partial charge in [-0.25, -0.2) is 0 Å². The number of nitrogens with one attached hydrogen (secondary N) is 6.